The predicted molar refractivity (Wildman–Crippen MR) is 70.9 cm³/mol. The number of hydrogen-bond acceptors (Lipinski definition) is 1. The summed E-state index contributed by atoms with van der Waals surface area (Å²) in [6.45, 7) is 4.00. The summed E-state index contributed by atoms with van der Waals surface area (Å²) in [6, 6.07) is 0. The van der Waals surface area contributed by atoms with Crippen LogP contribution in [0.2, 0.25) is 0 Å². The van der Waals surface area contributed by atoms with Gasteiger partial charge in [-0.15, -0.1) is 15.2 Å². The van der Waals surface area contributed by atoms with Gasteiger partial charge >= 0.3 is 0 Å². The van der Waals surface area contributed by atoms with Gasteiger partial charge in [-0.05, 0) is 24.9 Å². The average Bonchev–Trinajstić information content (AvgIpc) is 2.33. The smallest absolute Gasteiger partial charge is 0.117 e. The topological polar surface area (TPSA) is 20.2 Å². The second-order valence-corrected chi connectivity index (χ2v) is 4.28. The van der Waals surface area contributed by atoms with Crippen molar-refractivity contribution >= 4 is 9.24 Å². The summed E-state index contributed by atoms with van der Waals surface area (Å²) in [5, 5.41) is 9.72. The van der Waals surface area contributed by atoms with Crippen molar-refractivity contribution in [2.24, 2.45) is 5.92 Å². The van der Waals surface area contributed by atoms with E-state index in [1.165, 1.54) is 19.3 Å². The summed E-state index contributed by atoms with van der Waals surface area (Å²) in [5.74, 6) is 6.41. The maximum absolute atomic E-state index is 9.72. The third kappa shape index (κ3) is 6.93. The van der Waals surface area contributed by atoms with E-state index >= 15 is 0 Å². The van der Waals surface area contributed by atoms with Gasteiger partial charge in [0.1, 0.15) is 6.10 Å². The van der Waals surface area contributed by atoms with Crippen LogP contribution in [0.4, 0.5) is 0 Å². The fourth-order valence-electron chi connectivity index (χ4n) is 1.82. The van der Waals surface area contributed by atoms with Gasteiger partial charge in [0.15, 0.2) is 0 Å². The van der Waals surface area contributed by atoms with Crippen molar-refractivity contribution in [2.75, 3.05) is 6.16 Å². The normalized spacial score (nSPS) is 18.1. The van der Waals surface area contributed by atoms with Gasteiger partial charge in [0.2, 0.25) is 0 Å². The first-order chi connectivity index (χ1) is 7.34. The Kier molecular flexibility index (Phi) is 10.4. The molecule has 0 aromatic heterocycles. The van der Waals surface area contributed by atoms with Crippen molar-refractivity contribution in [1.82, 2.24) is 0 Å². The predicted octanol–water partition coefficient (Wildman–Crippen LogP) is 3.22. The molecule has 1 N–H and O–H groups in total. The highest BCUT2D eigenvalue weighted by Crippen LogP contribution is 2.26. The molecule has 1 fully saturated rings. The number of aliphatic hydroxyl groups is 1. The van der Waals surface area contributed by atoms with Gasteiger partial charge in [-0.3, -0.25) is 0 Å². The first-order valence-corrected chi connectivity index (χ1v) is 7.03. The Morgan fingerprint density at radius 3 is 2.40 bits per heavy atom. The van der Waals surface area contributed by atoms with Gasteiger partial charge in [0.05, 0.1) is 0 Å². The monoisotopic (exact) mass is 228 g/mol. The van der Waals surface area contributed by atoms with E-state index in [-0.39, 0.29) is 6.10 Å². The van der Waals surface area contributed by atoms with Crippen molar-refractivity contribution in [3.8, 4) is 11.8 Å². The van der Waals surface area contributed by atoms with E-state index in [4.69, 9.17) is 0 Å². The lowest BCUT2D eigenvalue weighted by Gasteiger charge is -2.23. The maximum atomic E-state index is 9.72. The average molecular weight is 228 g/mol. The van der Waals surface area contributed by atoms with E-state index in [0.29, 0.717) is 5.92 Å². The minimum absolute atomic E-state index is 0.364. The fraction of sp³-hybridized carbons (Fsp3) is 0.846. The molecule has 2 atom stereocenters. The summed E-state index contributed by atoms with van der Waals surface area (Å²) < 4.78 is 0. The van der Waals surface area contributed by atoms with Gasteiger partial charge in [0.25, 0.3) is 0 Å². The summed E-state index contributed by atoms with van der Waals surface area (Å²) in [5.41, 5.74) is 0. The van der Waals surface area contributed by atoms with E-state index in [0.717, 1.165) is 25.4 Å². The molecule has 2 heteroatoms. The number of rotatable bonds is 2. The first kappa shape index (κ1) is 14.9. The van der Waals surface area contributed by atoms with Crippen LogP contribution in [0, 0.1) is 17.8 Å². The zero-order chi connectivity index (χ0) is 11.5. The molecular weight excluding hydrogens is 203 g/mol. The summed E-state index contributed by atoms with van der Waals surface area (Å²) in [4.78, 5) is 0. The second kappa shape index (κ2) is 10.5. The molecule has 0 saturated heterocycles. The Balaban J connectivity index is 0.000000921. The van der Waals surface area contributed by atoms with Crippen molar-refractivity contribution in [3.63, 3.8) is 0 Å². The minimum atomic E-state index is -0.364. The molecule has 0 bridgehead atoms. The minimum Gasteiger partial charge on any atom is -0.380 e. The highest BCUT2D eigenvalue weighted by molar-refractivity contribution is 7.16. The van der Waals surface area contributed by atoms with Crippen molar-refractivity contribution in [1.29, 1.82) is 0 Å². The summed E-state index contributed by atoms with van der Waals surface area (Å²) in [6.07, 6.45) is 7.73. The highest BCUT2D eigenvalue weighted by atomic mass is 31.0. The van der Waals surface area contributed by atoms with E-state index < -0.39 is 0 Å². The SMILES string of the molecule is CC.OC(C#CCCP)C1CCCCC1. The highest BCUT2D eigenvalue weighted by Gasteiger charge is 2.19. The Hall–Kier alpha value is -0.0500. The molecule has 0 heterocycles. The third-order valence-electron chi connectivity index (χ3n) is 2.62. The molecule has 0 aromatic carbocycles. The molecule has 0 aromatic rings. The molecule has 1 aliphatic rings. The molecule has 1 rings (SSSR count). The second-order valence-electron chi connectivity index (χ2n) is 3.70. The molecule has 2 unspecified atom stereocenters. The lowest BCUT2D eigenvalue weighted by Crippen LogP contribution is -2.21. The number of aliphatic hydroxyl groups excluding tert-OH is 1. The largest absolute Gasteiger partial charge is 0.380 e. The zero-order valence-electron chi connectivity index (χ0n) is 10.1. The van der Waals surface area contributed by atoms with Crippen LogP contribution in [0.25, 0.3) is 0 Å². The Labute approximate surface area is 97.2 Å². The first-order valence-electron chi connectivity index (χ1n) is 6.21. The molecule has 1 nitrogen and oxygen atoms in total. The zero-order valence-corrected chi connectivity index (χ0v) is 11.3. The lowest BCUT2D eigenvalue weighted by atomic mass is 9.85. The van der Waals surface area contributed by atoms with Gasteiger partial charge in [0, 0.05) is 6.42 Å². The lowest BCUT2D eigenvalue weighted by molar-refractivity contribution is 0.133. The molecule has 88 valence electrons. The van der Waals surface area contributed by atoms with E-state index in [9.17, 15) is 5.11 Å². The molecule has 15 heavy (non-hydrogen) atoms. The summed E-state index contributed by atoms with van der Waals surface area (Å²) >= 11 is 0. The van der Waals surface area contributed by atoms with Crippen LogP contribution in [0.1, 0.15) is 52.4 Å². The molecule has 0 aliphatic heterocycles. The van der Waals surface area contributed by atoms with Crippen LogP contribution in [0.3, 0.4) is 0 Å². The van der Waals surface area contributed by atoms with Crippen LogP contribution < -0.4 is 0 Å². The Morgan fingerprint density at radius 1 is 1.27 bits per heavy atom. The molecule has 1 aliphatic carbocycles. The molecule has 0 amide bonds. The number of hydrogen-bond donors (Lipinski definition) is 1. The quantitative estimate of drug-likeness (QED) is 0.568. The van der Waals surface area contributed by atoms with Gasteiger partial charge in [-0.2, -0.15) is 0 Å². The van der Waals surface area contributed by atoms with E-state index in [1.54, 1.807) is 0 Å². The van der Waals surface area contributed by atoms with Crippen molar-refractivity contribution < 1.29 is 5.11 Å². The molecule has 0 radical (unpaired) electrons. The van der Waals surface area contributed by atoms with Crippen molar-refractivity contribution in [3.05, 3.63) is 0 Å². The van der Waals surface area contributed by atoms with Crippen LogP contribution in [0.5, 0.6) is 0 Å². The Morgan fingerprint density at radius 2 is 1.87 bits per heavy atom. The van der Waals surface area contributed by atoms with Crippen LogP contribution in [0.15, 0.2) is 0 Å². The summed E-state index contributed by atoms with van der Waals surface area (Å²) in [7, 11) is 2.65. The molecule has 1 saturated carbocycles. The molecule has 0 spiro atoms. The van der Waals surface area contributed by atoms with E-state index in [1.807, 2.05) is 13.8 Å². The third-order valence-corrected chi connectivity index (χ3v) is 2.90. The standard InChI is InChI=1S/C11H19OP.C2H6/c12-11(8-4-5-9-13)10-6-2-1-3-7-10;1-2/h10-12H,1-3,5-7,9,13H2;1-2H3. The van der Waals surface area contributed by atoms with Crippen LogP contribution in [-0.4, -0.2) is 17.4 Å². The van der Waals surface area contributed by atoms with E-state index in [2.05, 4.69) is 21.1 Å². The van der Waals surface area contributed by atoms with Crippen LogP contribution >= 0.6 is 9.24 Å². The molecular formula is C13H25OP. The maximum Gasteiger partial charge on any atom is 0.117 e. The van der Waals surface area contributed by atoms with Gasteiger partial charge in [-0.25, -0.2) is 0 Å². The fourth-order valence-corrected chi connectivity index (χ4v) is 1.96. The van der Waals surface area contributed by atoms with Gasteiger partial charge in [-0.1, -0.05) is 39.0 Å². The Bertz CT molecular complexity index is 186. The van der Waals surface area contributed by atoms with Crippen LogP contribution in [-0.2, 0) is 0 Å². The van der Waals surface area contributed by atoms with Crippen molar-refractivity contribution in [2.45, 2.75) is 58.5 Å². The van der Waals surface area contributed by atoms with Gasteiger partial charge < -0.3 is 5.11 Å².